The zero-order valence-corrected chi connectivity index (χ0v) is 14.9. The van der Waals surface area contributed by atoms with Crippen LogP contribution in [0.25, 0.3) is 23.0 Å². The molecule has 138 valence electrons. The molecule has 0 aliphatic carbocycles. The summed E-state index contributed by atoms with van der Waals surface area (Å²) in [6, 6.07) is 10.5. The van der Waals surface area contributed by atoms with Crippen molar-refractivity contribution in [3.63, 3.8) is 0 Å². The number of nitro benzene ring substituents is 1. The number of nitrogens with zero attached hydrogens (tertiary/aromatic N) is 5. The second-order valence-corrected chi connectivity index (χ2v) is 6.79. The summed E-state index contributed by atoms with van der Waals surface area (Å²) in [7, 11) is 0. The molecule has 8 heteroatoms. The van der Waals surface area contributed by atoms with Gasteiger partial charge in [-0.25, -0.2) is 0 Å². The Morgan fingerprint density at radius 3 is 2.93 bits per heavy atom. The normalized spacial score (nSPS) is 17.1. The van der Waals surface area contributed by atoms with E-state index < -0.39 is 0 Å². The average Bonchev–Trinajstić information content (AvgIpc) is 3.18. The highest BCUT2D eigenvalue weighted by Crippen LogP contribution is 2.35. The third-order valence-electron chi connectivity index (χ3n) is 4.74. The minimum absolute atomic E-state index is 0.0548. The Hall–Kier alpha value is -3.29. The Morgan fingerprint density at radius 1 is 1.30 bits per heavy atom. The number of hydrogen-bond donors (Lipinski definition) is 0. The van der Waals surface area contributed by atoms with Crippen molar-refractivity contribution in [1.29, 1.82) is 0 Å². The van der Waals surface area contributed by atoms with Crippen molar-refractivity contribution in [1.82, 2.24) is 15.1 Å². The first-order chi connectivity index (χ1) is 13.1. The fourth-order valence-electron chi connectivity index (χ4n) is 3.42. The minimum Gasteiger partial charge on any atom is -0.366 e. The van der Waals surface area contributed by atoms with E-state index in [1.165, 1.54) is 6.07 Å². The fourth-order valence-corrected chi connectivity index (χ4v) is 3.42. The number of nitro groups is 1. The van der Waals surface area contributed by atoms with Gasteiger partial charge >= 0.3 is 0 Å². The van der Waals surface area contributed by atoms with E-state index in [-0.39, 0.29) is 16.5 Å². The summed E-state index contributed by atoms with van der Waals surface area (Å²) in [5.74, 6) is 1.11. The van der Waals surface area contributed by atoms with Crippen LogP contribution in [0.15, 0.2) is 47.1 Å². The molecule has 1 atom stereocenters. The monoisotopic (exact) mass is 365 g/mol. The van der Waals surface area contributed by atoms with Crippen LogP contribution in [0.2, 0.25) is 0 Å². The molecule has 3 heterocycles. The molecule has 1 aliphatic rings. The molecule has 0 spiro atoms. The van der Waals surface area contributed by atoms with Crippen LogP contribution in [0.3, 0.4) is 0 Å². The van der Waals surface area contributed by atoms with Crippen LogP contribution in [0.1, 0.15) is 19.8 Å². The molecule has 4 rings (SSSR count). The van der Waals surface area contributed by atoms with E-state index in [2.05, 4.69) is 26.9 Å². The van der Waals surface area contributed by atoms with Gasteiger partial charge in [-0.2, -0.15) is 4.98 Å². The maximum Gasteiger partial charge on any atom is 0.293 e. The Balaban J connectivity index is 1.67. The van der Waals surface area contributed by atoms with Crippen molar-refractivity contribution >= 4 is 11.4 Å². The van der Waals surface area contributed by atoms with Gasteiger partial charge in [0.1, 0.15) is 11.4 Å². The Labute approximate surface area is 156 Å². The van der Waals surface area contributed by atoms with E-state index >= 15 is 0 Å². The molecule has 1 aliphatic heterocycles. The fraction of sp³-hybridized carbons (Fsp3) is 0.316. The van der Waals surface area contributed by atoms with Crippen molar-refractivity contribution < 1.29 is 9.45 Å². The van der Waals surface area contributed by atoms with Gasteiger partial charge in [0.05, 0.1) is 4.92 Å². The summed E-state index contributed by atoms with van der Waals surface area (Å²) in [4.78, 5) is 21.9. The van der Waals surface area contributed by atoms with E-state index in [0.717, 1.165) is 25.9 Å². The molecular formula is C19H19N5O3. The van der Waals surface area contributed by atoms with Crippen LogP contribution in [0.4, 0.5) is 11.4 Å². The van der Waals surface area contributed by atoms with Gasteiger partial charge < -0.3 is 9.42 Å². The Morgan fingerprint density at radius 2 is 2.19 bits per heavy atom. The molecule has 2 aromatic heterocycles. The number of hydrogen-bond acceptors (Lipinski definition) is 7. The standard InChI is InChI=1S/C19H19N5O3/c1-13-5-4-10-23(12-13)16-8-7-14(11-17(16)24(25)26)19-21-18(22-27-19)15-6-2-3-9-20-15/h2-3,6-9,11,13H,4-5,10,12H2,1H3. The van der Waals surface area contributed by atoms with Gasteiger partial charge in [-0.15, -0.1) is 0 Å². The van der Waals surface area contributed by atoms with Crippen LogP contribution in [-0.4, -0.2) is 33.1 Å². The Bertz CT molecular complexity index is 957. The highest BCUT2D eigenvalue weighted by molar-refractivity contribution is 5.71. The van der Waals surface area contributed by atoms with Gasteiger partial charge in [-0.3, -0.25) is 15.1 Å². The number of rotatable bonds is 4. The zero-order chi connectivity index (χ0) is 18.8. The molecular weight excluding hydrogens is 346 g/mol. The number of aromatic nitrogens is 3. The topological polar surface area (TPSA) is 98.2 Å². The van der Waals surface area contributed by atoms with Gasteiger partial charge in [0.25, 0.3) is 11.6 Å². The maximum absolute atomic E-state index is 11.7. The summed E-state index contributed by atoms with van der Waals surface area (Å²) in [5, 5.41) is 15.6. The van der Waals surface area contributed by atoms with Gasteiger partial charge in [0.2, 0.25) is 5.82 Å². The number of anilines is 1. The zero-order valence-electron chi connectivity index (χ0n) is 14.9. The van der Waals surface area contributed by atoms with Crippen molar-refractivity contribution in [3.05, 3.63) is 52.7 Å². The molecule has 0 amide bonds. The predicted octanol–water partition coefficient (Wildman–Crippen LogP) is 3.94. The average molecular weight is 365 g/mol. The van der Waals surface area contributed by atoms with E-state index in [4.69, 9.17) is 4.52 Å². The van der Waals surface area contributed by atoms with Gasteiger partial charge in [0, 0.05) is 30.9 Å². The molecule has 1 saturated heterocycles. The van der Waals surface area contributed by atoms with Crippen molar-refractivity contribution in [2.75, 3.05) is 18.0 Å². The van der Waals surface area contributed by atoms with E-state index in [1.54, 1.807) is 30.5 Å². The van der Waals surface area contributed by atoms with Crippen molar-refractivity contribution in [2.24, 2.45) is 5.92 Å². The molecule has 1 unspecified atom stereocenters. The molecule has 0 N–H and O–H groups in total. The first kappa shape index (κ1) is 17.1. The van der Waals surface area contributed by atoms with Crippen LogP contribution in [0.5, 0.6) is 0 Å². The smallest absolute Gasteiger partial charge is 0.293 e. The number of benzene rings is 1. The molecule has 0 radical (unpaired) electrons. The first-order valence-electron chi connectivity index (χ1n) is 8.90. The second kappa shape index (κ2) is 7.14. The van der Waals surface area contributed by atoms with Crippen LogP contribution in [-0.2, 0) is 0 Å². The first-order valence-corrected chi connectivity index (χ1v) is 8.90. The minimum atomic E-state index is -0.353. The van der Waals surface area contributed by atoms with E-state index in [9.17, 15) is 10.1 Å². The summed E-state index contributed by atoms with van der Waals surface area (Å²) >= 11 is 0. The highest BCUT2D eigenvalue weighted by Gasteiger charge is 2.25. The molecule has 0 bridgehead atoms. The lowest BCUT2D eigenvalue weighted by Gasteiger charge is -2.32. The SMILES string of the molecule is CC1CCCN(c2ccc(-c3nc(-c4ccccn4)no3)cc2[N+](=O)[O-])C1. The quantitative estimate of drug-likeness (QED) is 0.510. The molecule has 0 saturated carbocycles. The van der Waals surface area contributed by atoms with Gasteiger partial charge in [-0.05, 0) is 43.0 Å². The van der Waals surface area contributed by atoms with Crippen molar-refractivity contribution in [3.8, 4) is 23.0 Å². The molecule has 27 heavy (non-hydrogen) atoms. The third kappa shape index (κ3) is 3.51. The second-order valence-electron chi connectivity index (χ2n) is 6.79. The van der Waals surface area contributed by atoms with E-state index in [0.29, 0.717) is 28.7 Å². The largest absolute Gasteiger partial charge is 0.366 e. The van der Waals surface area contributed by atoms with Gasteiger partial charge in [-0.1, -0.05) is 18.1 Å². The summed E-state index contributed by atoms with van der Waals surface area (Å²) in [6.45, 7) is 3.82. The number of piperidine rings is 1. The summed E-state index contributed by atoms with van der Waals surface area (Å²) in [5.41, 5.74) is 1.80. The maximum atomic E-state index is 11.7. The summed E-state index contributed by atoms with van der Waals surface area (Å²) in [6.07, 6.45) is 3.84. The highest BCUT2D eigenvalue weighted by atomic mass is 16.6. The molecule has 1 fully saturated rings. The van der Waals surface area contributed by atoms with Crippen LogP contribution < -0.4 is 4.90 Å². The lowest BCUT2D eigenvalue weighted by molar-refractivity contribution is -0.384. The third-order valence-corrected chi connectivity index (χ3v) is 4.74. The molecule has 1 aromatic carbocycles. The summed E-state index contributed by atoms with van der Waals surface area (Å²) < 4.78 is 5.30. The van der Waals surface area contributed by atoms with Crippen molar-refractivity contribution in [2.45, 2.75) is 19.8 Å². The number of pyridine rings is 1. The van der Waals surface area contributed by atoms with Crippen LogP contribution >= 0.6 is 0 Å². The lowest BCUT2D eigenvalue weighted by atomic mass is 9.99. The van der Waals surface area contributed by atoms with E-state index in [1.807, 2.05) is 6.07 Å². The van der Waals surface area contributed by atoms with Crippen LogP contribution in [0, 0.1) is 16.0 Å². The Kier molecular flexibility index (Phi) is 4.53. The molecule has 8 nitrogen and oxygen atoms in total. The lowest BCUT2D eigenvalue weighted by Crippen LogP contribution is -2.34. The predicted molar refractivity (Wildman–Crippen MR) is 100 cm³/mol. The van der Waals surface area contributed by atoms with Gasteiger partial charge in [0.15, 0.2) is 0 Å². The molecule has 3 aromatic rings.